The van der Waals surface area contributed by atoms with Crippen LogP contribution in [0.2, 0.25) is 0 Å². The highest BCUT2D eigenvalue weighted by atomic mass is 16.5. The number of benzene rings is 1. The van der Waals surface area contributed by atoms with Crippen LogP contribution in [0.4, 0.5) is 5.69 Å². The molecule has 1 aromatic heterocycles. The molecule has 1 saturated heterocycles. The average Bonchev–Trinajstić information content (AvgIpc) is 3.03. The summed E-state index contributed by atoms with van der Waals surface area (Å²) in [5.74, 6) is 1.28. The topological polar surface area (TPSA) is 63.2 Å². The minimum Gasteiger partial charge on any atom is -0.439 e. The normalized spacial score (nSPS) is 16.8. The van der Waals surface area contributed by atoms with E-state index in [1.54, 1.807) is 6.20 Å². The molecule has 1 aromatic carbocycles. The molecule has 0 spiro atoms. The van der Waals surface area contributed by atoms with Gasteiger partial charge >= 0.3 is 0 Å². The monoisotopic (exact) mass is 325 g/mol. The van der Waals surface area contributed by atoms with Gasteiger partial charge in [-0.05, 0) is 56.5 Å². The number of nitrogens with one attached hydrogen (secondary N) is 2. The summed E-state index contributed by atoms with van der Waals surface area (Å²) < 4.78 is 5.87. The number of pyridine rings is 1. The Morgan fingerprint density at radius 3 is 2.96 bits per heavy atom. The first-order chi connectivity index (χ1) is 11.6. The van der Waals surface area contributed by atoms with Crippen LogP contribution in [0.25, 0.3) is 0 Å². The summed E-state index contributed by atoms with van der Waals surface area (Å²) in [5, 5.41) is 6.29. The first-order valence-electron chi connectivity index (χ1n) is 8.34. The molecule has 3 rings (SSSR count). The third-order valence-corrected chi connectivity index (χ3v) is 4.17. The van der Waals surface area contributed by atoms with Gasteiger partial charge in [-0.25, -0.2) is 4.98 Å². The minimum absolute atomic E-state index is 0.0258. The maximum atomic E-state index is 12.2. The van der Waals surface area contributed by atoms with E-state index in [2.05, 4.69) is 15.6 Å². The lowest BCUT2D eigenvalue weighted by Crippen LogP contribution is -2.27. The molecule has 2 aromatic rings. The van der Waals surface area contributed by atoms with E-state index < -0.39 is 0 Å². The second-order valence-corrected chi connectivity index (χ2v) is 6.30. The zero-order valence-corrected chi connectivity index (χ0v) is 14.1. The van der Waals surface area contributed by atoms with Gasteiger partial charge in [0.2, 0.25) is 11.8 Å². The van der Waals surface area contributed by atoms with E-state index in [1.165, 1.54) is 0 Å². The molecular formula is C19H23N3O2. The van der Waals surface area contributed by atoms with E-state index in [9.17, 15) is 4.79 Å². The molecule has 5 heteroatoms. The maximum absolute atomic E-state index is 12.2. The van der Waals surface area contributed by atoms with Crippen molar-refractivity contribution in [1.82, 2.24) is 10.3 Å². The van der Waals surface area contributed by atoms with Gasteiger partial charge in [-0.2, -0.15) is 0 Å². The van der Waals surface area contributed by atoms with Crippen LogP contribution in [0.1, 0.15) is 30.4 Å². The number of hydrogen-bond donors (Lipinski definition) is 2. The Hall–Kier alpha value is -2.40. The summed E-state index contributed by atoms with van der Waals surface area (Å²) in [6, 6.07) is 9.78. The van der Waals surface area contributed by atoms with Gasteiger partial charge in [0.05, 0.1) is 0 Å². The largest absolute Gasteiger partial charge is 0.439 e. The van der Waals surface area contributed by atoms with E-state index in [0.717, 1.165) is 36.2 Å². The van der Waals surface area contributed by atoms with Crippen molar-refractivity contribution in [1.29, 1.82) is 0 Å². The lowest BCUT2D eigenvalue weighted by Gasteiger charge is -2.13. The van der Waals surface area contributed by atoms with Gasteiger partial charge in [0.1, 0.15) is 5.75 Å². The maximum Gasteiger partial charge on any atom is 0.225 e. The molecule has 2 N–H and O–H groups in total. The highest BCUT2D eigenvalue weighted by Crippen LogP contribution is 2.27. The lowest BCUT2D eigenvalue weighted by molar-refractivity contribution is -0.116. The number of carbonyl (C=O) groups is 1. The lowest BCUT2D eigenvalue weighted by atomic mass is 10.1. The van der Waals surface area contributed by atoms with Crippen molar-refractivity contribution < 1.29 is 9.53 Å². The predicted molar refractivity (Wildman–Crippen MR) is 94.5 cm³/mol. The van der Waals surface area contributed by atoms with Crippen molar-refractivity contribution >= 4 is 11.6 Å². The molecule has 1 fully saturated rings. The zero-order valence-electron chi connectivity index (χ0n) is 14.1. The molecule has 24 heavy (non-hydrogen) atoms. The summed E-state index contributed by atoms with van der Waals surface area (Å²) in [7, 11) is 0. The molecule has 1 unspecified atom stereocenters. The number of amides is 1. The molecule has 0 bridgehead atoms. The van der Waals surface area contributed by atoms with Crippen LogP contribution in [0.15, 0.2) is 36.5 Å². The number of anilines is 1. The summed E-state index contributed by atoms with van der Waals surface area (Å²) in [6.07, 6.45) is 4.43. The summed E-state index contributed by atoms with van der Waals surface area (Å²) >= 11 is 0. The van der Waals surface area contributed by atoms with E-state index in [0.29, 0.717) is 24.1 Å². The zero-order chi connectivity index (χ0) is 16.9. The Labute approximate surface area is 142 Å². The van der Waals surface area contributed by atoms with Crippen molar-refractivity contribution in [2.24, 2.45) is 0 Å². The van der Waals surface area contributed by atoms with Gasteiger partial charge in [0.15, 0.2) is 0 Å². The van der Waals surface area contributed by atoms with E-state index >= 15 is 0 Å². The smallest absolute Gasteiger partial charge is 0.225 e. The molecular weight excluding hydrogens is 302 g/mol. The fourth-order valence-electron chi connectivity index (χ4n) is 2.83. The summed E-state index contributed by atoms with van der Waals surface area (Å²) in [4.78, 5) is 16.4. The van der Waals surface area contributed by atoms with Crippen molar-refractivity contribution in [2.45, 2.75) is 39.2 Å². The highest BCUT2D eigenvalue weighted by molar-refractivity contribution is 5.91. The number of aryl methyl sites for hydroxylation is 2. The second-order valence-electron chi connectivity index (χ2n) is 6.30. The third-order valence-electron chi connectivity index (χ3n) is 4.17. The average molecular weight is 325 g/mol. The molecule has 0 saturated carbocycles. The van der Waals surface area contributed by atoms with E-state index in [1.807, 2.05) is 44.2 Å². The summed E-state index contributed by atoms with van der Waals surface area (Å²) in [5.41, 5.74) is 2.83. The summed E-state index contributed by atoms with van der Waals surface area (Å²) in [6.45, 7) is 4.97. The number of ether oxygens (including phenoxy) is 1. The predicted octanol–water partition coefficient (Wildman–Crippen LogP) is 3.57. The molecule has 1 amide bonds. The molecule has 126 valence electrons. The van der Waals surface area contributed by atoms with Crippen molar-refractivity contribution in [3.8, 4) is 11.6 Å². The Balaban J connectivity index is 1.67. The minimum atomic E-state index is 0.0258. The van der Waals surface area contributed by atoms with Gasteiger partial charge in [-0.1, -0.05) is 6.07 Å². The number of hydrogen-bond acceptors (Lipinski definition) is 4. The van der Waals surface area contributed by atoms with E-state index in [-0.39, 0.29) is 5.91 Å². The van der Waals surface area contributed by atoms with Crippen LogP contribution in [-0.4, -0.2) is 23.5 Å². The first-order valence-corrected chi connectivity index (χ1v) is 8.34. The first kappa shape index (κ1) is 16.5. The Morgan fingerprint density at radius 1 is 1.33 bits per heavy atom. The van der Waals surface area contributed by atoms with Gasteiger partial charge in [-0.15, -0.1) is 0 Å². The van der Waals surface area contributed by atoms with Gasteiger partial charge in [0, 0.05) is 36.5 Å². The Morgan fingerprint density at radius 2 is 2.21 bits per heavy atom. The molecule has 5 nitrogen and oxygen atoms in total. The van der Waals surface area contributed by atoms with Gasteiger partial charge in [-0.3, -0.25) is 4.79 Å². The molecule has 1 aliphatic heterocycles. The van der Waals surface area contributed by atoms with Gasteiger partial charge < -0.3 is 15.4 Å². The van der Waals surface area contributed by atoms with Gasteiger partial charge in [0.25, 0.3) is 0 Å². The molecule has 1 atom stereocenters. The standard InChI is InChI=1S/C19H23N3O2/c1-13-7-9-21-19(10-13)24-17-11-16(6-5-14(17)2)22-18(23)12-15-4-3-8-20-15/h5-7,9-11,15,20H,3-4,8,12H2,1-2H3,(H,22,23). The molecule has 2 heterocycles. The third kappa shape index (κ3) is 4.32. The fourth-order valence-corrected chi connectivity index (χ4v) is 2.83. The Kier molecular flexibility index (Phi) is 5.11. The number of nitrogens with zero attached hydrogens (tertiary/aromatic N) is 1. The SMILES string of the molecule is Cc1ccnc(Oc2cc(NC(=O)CC3CCCN3)ccc2C)c1. The van der Waals surface area contributed by atoms with Crippen molar-refractivity contribution in [2.75, 3.05) is 11.9 Å². The van der Waals surface area contributed by atoms with Crippen LogP contribution in [0.3, 0.4) is 0 Å². The fraction of sp³-hybridized carbons (Fsp3) is 0.368. The Bertz CT molecular complexity index is 724. The van der Waals surface area contributed by atoms with Crippen LogP contribution < -0.4 is 15.4 Å². The second kappa shape index (κ2) is 7.45. The van der Waals surface area contributed by atoms with Crippen LogP contribution in [0, 0.1) is 13.8 Å². The van der Waals surface area contributed by atoms with Crippen molar-refractivity contribution in [3.05, 3.63) is 47.7 Å². The van der Waals surface area contributed by atoms with Crippen molar-refractivity contribution in [3.63, 3.8) is 0 Å². The number of rotatable bonds is 5. The number of aromatic nitrogens is 1. The highest BCUT2D eigenvalue weighted by Gasteiger charge is 2.17. The van der Waals surface area contributed by atoms with E-state index in [4.69, 9.17) is 4.74 Å². The molecule has 1 aliphatic rings. The van der Waals surface area contributed by atoms with Crippen LogP contribution in [0.5, 0.6) is 11.6 Å². The molecule has 0 aliphatic carbocycles. The number of carbonyl (C=O) groups excluding carboxylic acids is 1. The van der Waals surface area contributed by atoms with Crippen LogP contribution in [-0.2, 0) is 4.79 Å². The molecule has 0 radical (unpaired) electrons. The van der Waals surface area contributed by atoms with Crippen LogP contribution >= 0.6 is 0 Å². The quantitative estimate of drug-likeness (QED) is 0.882.